The van der Waals surface area contributed by atoms with Crippen molar-refractivity contribution in [2.45, 2.75) is 50.4 Å². The minimum Gasteiger partial charge on any atom is -0.377 e. The predicted molar refractivity (Wildman–Crippen MR) is 90.6 cm³/mol. The zero-order valence-corrected chi connectivity index (χ0v) is 14.7. The number of aromatic nitrogens is 3. The Labute approximate surface area is 142 Å². The van der Waals surface area contributed by atoms with E-state index in [9.17, 15) is 8.42 Å². The Morgan fingerprint density at radius 3 is 2.67 bits per heavy atom. The van der Waals surface area contributed by atoms with Gasteiger partial charge in [0.1, 0.15) is 5.82 Å². The van der Waals surface area contributed by atoms with Crippen LogP contribution in [-0.2, 0) is 27.5 Å². The van der Waals surface area contributed by atoms with Gasteiger partial charge in [-0.3, -0.25) is 0 Å². The second-order valence-corrected chi connectivity index (χ2v) is 8.00. The number of nitrogens with zero attached hydrogens (tertiary/aromatic N) is 3. The molecule has 0 bridgehead atoms. The SMILES string of the molecule is CCn1c(Cc2ccccc2)nnc1S(=O)(=O)C[C@@H]1CCCCO1. The van der Waals surface area contributed by atoms with Gasteiger partial charge in [0.25, 0.3) is 0 Å². The lowest BCUT2D eigenvalue weighted by atomic mass is 10.1. The van der Waals surface area contributed by atoms with Crippen molar-refractivity contribution in [3.63, 3.8) is 0 Å². The molecule has 24 heavy (non-hydrogen) atoms. The van der Waals surface area contributed by atoms with Crippen molar-refractivity contribution in [3.8, 4) is 0 Å². The van der Waals surface area contributed by atoms with Gasteiger partial charge in [-0.15, -0.1) is 10.2 Å². The van der Waals surface area contributed by atoms with Gasteiger partial charge in [0.15, 0.2) is 0 Å². The molecule has 7 heteroatoms. The number of hydrogen-bond acceptors (Lipinski definition) is 5. The van der Waals surface area contributed by atoms with Crippen LogP contribution in [0, 0.1) is 0 Å². The zero-order chi connectivity index (χ0) is 17.0. The summed E-state index contributed by atoms with van der Waals surface area (Å²) in [6.45, 7) is 3.07. The van der Waals surface area contributed by atoms with Gasteiger partial charge in [-0.2, -0.15) is 0 Å². The van der Waals surface area contributed by atoms with E-state index in [1.807, 2.05) is 37.3 Å². The van der Waals surface area contributed by atoms with E-state index in [0.29, 0.717) is 25.4 Å². The van der Waals surface area contributed by atoms with E-state index in [0.717, 1.165) is 24.8 Å². The van der Waals surface area contributed by atoms with Gasteiger partial charge in [0, 0.05) is 19.6 Å². The molecular weight excluding hydrogens is 326 g/mol. The first-order valence-corrected chi connectivity index (χ1v) is 10.1. The normalized spacial score (nSPS) is 18.6. The summed E-state index contributed by atoms with van der Waals surface area (Å²) in [4.78, 5) is 0. The molecule has 3 rings (SSSR count). The number of sulfone groups is 1. The van der Waals surface area contributed by atoms with Crippen molar-refractivity contribution < 1.29 is 13.2 Å². The molecule has 0 unspecified atom stereocenters. The molecular formula is C17H23N3O3S. The van der Waals surface area contributed by atoms with Crippen LogP contribution in [0.2, 0.25) is 0 Å². The minimum atomic E-state index is -3.51. The van der Waals surface area contributed by atoms with Gasteiger partial charge in [-0.05, 0) is 31.7 Å². The van der Waals surface area contributed by atoms with Crippen LogP contribution in [0.3, 0.4) is 0 Å². The van der Waals surface area contributed by atoms with Crippen molar-refractivity contribution in [1.82, 2.24) is 14.8 Å². The summed E-state index contributed by atoms with van der Waals surface area (Å²) in [5.74, 6) is 0.656. The van der Waals surface area contributed by atoms with Crippen molar-refractivity contribution in [1.29, 1.82) is 0 Å². The number of benzene rings is 1. The van der Waals surface area contributed by atoms with Gasteiger partial charge < -0.3 is 9.30 Å². The average Bonchev–Trinajstić information content (AvgIpc) is 3.00. The Bertz CT molecular complexity index is 766. The van der Waals surface area contributed by atoms with Crippen molar-refractivity contribution in [2.24, 2.45) is 0 Å². The quantitative estimate of drug-likeness (QED) is 0.799. The number of hydrogen-bond donors (Lipinski definition) is 0. The minimum absolute atomic E-state index is 0.0174. The molecule has 2 aromatic rings. The van der Waals surface area contributed by atoms with Crippen LogP contribution in [-0.4, -0.2) is 41.6 Å². The van der Waals surface area contributed by atoms with Gasteiger partial charge in [-0.1, -0.05) is 30.3 Å². The monoisotopic (exact) mass is 349 g/mol. The topological polar surface area (TPSA) is 74.1 Å². The first kappa shape index (κ1) is 17.1. The van der Waals surface area contributed by atoms with E-state index in [1.54, 1.807) is 4.57 Å². The van der Waals surface area contributed by atoms with E-state index < -0.39 is 9.84 Å². The second-order valence-electron chi connectivity index (χ2n) is 6.08. The van der Waals surface area contributed by atoms with Crippen LogP contribution in [0.5, 0.6) is 0 Å². The van der Waals surface area contributed by atoms with Crippen LogP contribution in [0.25, 0.3) is 0 Å². The Morgan fingerprint density at radius 2 is 2.00 bits per heavy atom. The molecule has 1 aliphatic heterocycles. The molecule has 130 valence electrons. The lowest BCUT2D eigenvalue weighted by molar-refractivity contribution is 0.0304. The Morgan fingerprint density at radius 1 is 1.21 bits per heavy atom. The fraction of sp³-hybridized carbons (Fsp3) is 0.529. The van der Waals surface area contributed by atoms with Crippen molar-refractivity contribution >= 4 is 9.84 Å². The highest BCUT2D eigenvalue weighted by atomic mass is 32.2. The first-order valence-electron chi connectivity index (χ1n) is 8.40. The van der Waals surface area contributed by atoms with Crippen LogP contribution in [0.1, 0.15) is 37.6 Å². The highest BCUT2D eigenvalue weighted by Gasteiger charge is 2.29. The maximum Gasteiger partial charge on any atom is 0.249 e. The third-order valence-corrected chi connectivity index (χ3v) is 5.94. The maximum atomic E-state index is 12.7. The molecule has 0 radical (unpaired) electrons. The largest absolute Gasteiger partial charge is 0.377 e. The molecule has 0 spiro atoms. The van der Waals surface area contributed by atoms with Crippen molar-refractivity contribution in [3.05, 3.63) is 41.7 Å². The molecule has 0 amide bonds. The molecule has 1 atom stereocenters. The molecule has 0 saturated carbocycles. The second kappa shape index (κ2) is 7.44. The van der Waals surface area contributed by atoms with E-state index >= 15 is 0 Å². The summed E-state index contributed by atoms with van der Waals surface area (Å²) in [6.07, 6.45) is 3.14. The fourth-order valence-electron chi connectivity index (χ4n) is 3.03. The summed E-state index contributed by atoms with van der Waals surface area (Å²) >= 11 is 0. The van der Waals surface area contributed by atoms with Gasteiger partial charge in [-0.25, -0.2) is 8.42 Å². The number of ether oxygens (including phenoxy) is 1. The maximum absolute atomic E-state index is 12.7. The summed E-state index contributed by atoms with van der Waals surface area (Å²) in [5.41, 5.74) is 1.08. The average molecular weight is 349 g/mol. The Hall–Kier alpha value is -1.73. The molecule has 2 heterocycles. The van der Waals surface area contributed by atoms with Crippen LogP contribution >= 0.6 is 0 Å². The highest BCUT2D eigenvalue weighted by molar-refractivity contribution is 7.91. The lowest BCUT2D eigenvalue weighted by Gasteiger charge is -2.22. The first-order chi connectivity index (χ1) is 11.6. The molecule has 1 fully saturated rings. The predicted octanol–water partition coefficient (Wildman–Crippen LogP) is 2.23. The Kier molecular flexibility index (Phi) is 5.30. The smallest absolute Gasteiger partial charge is 0.249 e. The van der Waals surface area contributed by atoms with E-state index in [2.05, 4.69) is 10.2 Å². The summed E-state index contributed by atoms with van der Waals surface area (Å²) < 4.78 is 32.8. The van der Waals surface area contributed by atoms with Crippen molar-refractivity contribution in [2.75, 3.05) is 12.4 Å². The van der Waals surface area contributed by atoms with Gasteiger partial charge in [0.2, 0.25) is 15.0 Å². The van der Waals surface area contributed by atoms with E-state index in [-0.39, 0.29) is 17.0 Å². The molecule has 0 aliphatic carbocycles. The molecule has 1 saturated heterocycles. The van der Waals surface area contributed by atoms with Crippen LogP contribution in [0.15, 0.2) is 35.5 Å². The van der Waals surface area contributed by atoms with Gasteiger partial charge in [0.05, 0.1) is 11.9 Å². The molecule has 6 nitrogen and oxygen atoms in total. The number of rotatable bonds is 6. The third-order valence-electron chi connectivity index (χ3n) is 4.27. The Balaban J connectivity index is 1.82. The lowest BCUT2D eigenvalue weighted by Crippen LogP contribution is -2.29. The van der Waals surface area contributed by atoms with Crippen LogP contribution < -0.4 is 0 Å². The molecule has 0 N–H and O–H groups in total. The summed E-state index contributed by atoms with van der Waals surface area (Å²) in [7, 11) is -3.51. The molecule has 1 aromatic carbocycles. The van der Waals surface area contributed by atoms with E-state index in [4.69, 9.17) is 4.74 Å². The summed E-state index contributed by atoms with van der Waals surface area (Å²) in [6, 6.07) is 9.87. The van der Waals surface area contributed by atoms with Gasteiger partial charge >= 0.3 is 0 Å². The standard InChI is InChI=1S/C17H23N3O3S/c1-2-20-16(12-14-8-4-3-5-9-14)18-19-17(20)24(21,22)13-15-10-6-7-11-23-15/h3-5,8-9,15H,2,6-7,10-13H2,1H3/t15-/m0/s1. The van der Waals surface area contributed by atoms with E-state index in [1.165, 1.54) is 0 Å². The zero-order valence-electron chi connectivity index (χ0n) is 13.9. The molecule has 1 aromatic heterocycles. The fourth-order valence-corrected chi connectivity index (χ4v) is 4.67. The summed E-state index contributed by atoms with van der Waals surface area (Å²) in [5, 5.41) is 8.18. The third kappa shape index (κ3) is 3.84. The molecule has 1 aliphatic rings. The highest BCUT2D eigenvalue weighted by Crippen LogP contribution is 2.19. The van der Waals surface area contributed by atoms with Crippen LogP contribution in [0.4, 0.5) is 0 Å².